The number of halogens is 1. The Morgan fingerprint density at radius 2 is 1.57 bits per heavy atom. The number of amides is 3. The predicted molar refractivity (Wildman–Crippen MR) is 111 cm³/mol. The molecule has 30 heavy (non-hydrogen) atoms. The van der Waals surface area contributed by atoms with E-state index in [1.807, 2.05) is 11.5 Å². The highest BCUT2D eigenvalue weighted by Crippen LogP contribution is 2.21. The van der Waals surface area contributed by atoms with Crippen LogP contribution in [0.3, 0.4) is 0 Å². The summed E-state index contributed by atoms with van der Waals surface area (Å²) in [7, 11) is 0. The molecule has 0 saturated carbocycles. The third kappa shape index (κ3) is 4.54. The fraction of sp³-hybridized carbons (Fsp3) is 0.136. The molecule has 154 valence electrons. The third-order valence-electron chi connectivity index (χ3n) is 4.50. The second-order valence-corrected chi connectivity index (χ2v) is 6.77. The molecule has 7 nitrogen and oxygen atoms in total. The number of nitrogens with zero attached hydrogens (tertiary/aromatic N) is 1. The molecule has 3 amide bonds. The first kappa shape index (κ1) is 20.8. The topological polar surface area (TPSA) is 92.2 Å². The van der Waals surface area contributed by atoms with Crippen LogP contribution in [-0.2, 0) is 4.79 Å². The van der Waals surface area contributed by atoms with Crippen LogP contribution in [0.4, 0.5) is 10.1 Å². The molecule has 1 heterocycles. The van der Waals surface area contributed by atoms with Gasteiger partial charge in [-0.3, -0.25) is 25.2 Å². The lowest BCUT2D eigenvalue weighted by molar-refractivity contribution is -0.114. The van der Waals surface area contributed by atoms with Gasteiger partial charge in [-0.2, -0.15) is 0 Å². The van der Waals surface area contributed by atoms with Crippen LogP contribution in [0.2, 0.25) is 0 Å². The summed E-state index contributed by atoms with van der Waals surface area (Å²) in [4.78, 5) is 36.1. The molecule has 3 aromatic rings. The molecule has 1 aromatic heterocycles. The number of aromatic nitrogens is 1. The predicted octanol–water partition coefficient (Wildman–Crippen LogP) is 3.27. The van der Waals surface area contributed by atoms with E-state index in [1.54, 1.807) is 43.3 Å². The largest absolute Gasteiger partial charge is 0.326 e. The molecule has 0 fully saturated rings. The fourth-order valence-electron chi connectivity index (χ4n) is 3.17. The minimum Gasteiger partial charge on any atom is -0.326 e. The molecule has 0 atom stereocenters. The number of carbonyl (C=O) groups excluding carboxylic acids is 3. The highest BCUT2D eigenvalue weighted by atomic mass is 19.1. The second kappa shape index (κ2) is 8.60. The van der Waals surface area contributed by atoms with Crippen molar-refractivity contribution >= 4 is 23.4 Å². The molecule has 0 bridgehead atoms. The highest BCUT2D eigenvalue weighted by Gasteiger charge is 2.17. The standard InChI is InChI=1S/C22H21FN4O3/c1-13-11-20(14(2)27(13)19-9-7-17(23)8-10-19)22(30)26-25-21(29)16-5-4-6-18(12-16)24-15(3)28/h4-12H,1-3H3,(H,24,28)(H,25,29)(H,26,30). The monoisotopic (exact) mass is 408 g/mol. The van der Waals surface area contributed by atoms with E-state index in [0.717, 1.165) is 11.4 Å². The number of aryl methyl sites for hydroxylation is 1. The van der Waals surface area contributed by atoms with Gasteiger partial charge in [0, 0.05) is 35.2 Å². The Kier molecular flexibility index (Phi) is 5.96. The molecule has 3 rings (SSSR count). The Bertz CT molecular complexity index is 1120. The number of rotatable bonds is 4. The summed E-state index contributed by atoms with van der Waals surface area (Å²) in [6.07, 6.45) is 0. The van der Waals surface area contributed by atoms with Crippen molar-refractivity contribution in [1.29, 1.82) is 0 Å². The Balaban J connectivity index is 1.72. The molecule has 0 aliphatic carbocycles. The van der Waals surface area contributed by atoms with Crippen molar-refractivity contribution in [2.75, 3.05) is 5.32 Å². The number of nitrogens with one attached hydrogen (secondary N) is 3. The molecule has 0 aliphatic heterocycles. The number of hydrogen-bond acceptors (Lipinski definition) is 3. The van der Waals surface area contributed by atoms with Gasteiger partial charge in [-0.25, -0.2) is 4.39 Å². The number of hydrogen-bond donors (Lipinski definition) is 3. The molecule has 0 radical (unpaired) electrons. The van der Waals surface area contributed by atoms with Gasteiger partial charge in [-0.05, 0) is 62.4 Å². The van der Waals surface area contributed by atoms with Gasteiger partial charge in [0.2, 0.25) is 5.91 Å². The maximum Gasteiger partial charge on any atom is 0.271 e. The fourth-order valence-corrected chi connectivity index (χ4v) is 3.17. The lowest BCUT2D eigenvalue weighted by Crippen LogP contribution is -2.41. The molecule has 0 spiro atoms. The minimum atomic E-state index is -0.525. The number of carbonyl (C=O) groups is 3. The summed E-state index contributed by atoms with van der Waals surface area (Å²) in [6.45, 7) is 4.97. The van der Waals surface area contributed by atoms with Crippen LogP contribution in [0.5, 0.6) is 0 Å². The summed E-state index contributed by atoms with van der Waals surface area (Å²) in [5.74, 6) is -1.60. The first-order valence-corrected chi connectivity index (χ1v) is 9.19. The molecular weight excluding hydrogens is 387 g/mol. The van der Waals surface area contributed by atoms with Gasteiger partial charge in [0.05, 0.1) is 5.56 Å². The van der Waals surface area contributed by atoms with E-state index in [-0.39, 0.29) is 17.3 Å². The summed E-state index contributed by atoms with van der Waals surface area (Å²) >= 11 is 0. The van der Waals surface area contributed by atoms with Crippen LogP contribution in [0.25, 0.3) is 5.69 Å². The Hall–Kier alpha value is -3.94. The maximum absolute atomic E-state index is 13.2. The van der Waals surface area contributed by atoms with Gasteiger partial charge in [0.25, 0.3) is 11.8 Å². The van der Waals surface area contributed by atoms with E-state index in [9.17, 15) is 18.8 Å². The summed E-state index contributed by atoms with van der Waals surface area (Å²) in [5, 5.41) is 2.59. The van der Waals surface area contributed by atoms with Crippen molar-refractivity contribution in [2.45, 2.75) is 20.8 Å². The van der Waals surface area contributed by atoms with Gasteiger partial charge >= 0.3 is 0 Å². The van der Waals surface area contributed by atoms with Crippen molar-refractivity contribution in [3.63, 3.8) is 0 Å². The van der Waals surface area contributed by atoms with Crippen molar-refractivity contribution in [3.05, 3.63) is 82.9 Å². The SMILES string of the molecule is CC(=O)Nc1cccc(C(=O)NNC(=O)c2cc(C)n(-c3ccc(F)cc3)c2C)c1. The molecule has 0 unspecified atom stereocenters. The first-order valence-electron chi connectivity index (χ1n) is 9.19. The van der Waals surface area contributed by atoms with Crippen molar-refractivity contribution in [2.24, 2.45) is 0 Å². The zero-order valence-corrected chi connectivity index (χ0v) is 16.7. The van der Waals surface area contributed by atoms with E-state index < -0.39 is 11.8 Å². The molecular formula is C22H21FN4O3. The van der Waals surface area contributed by atoms with Crippen LogP contribution in [-0.4, -0.2) is 22.3 Å². The zero-order chi connectivity index (χ0) is 21.8. The quantitative estimate of drug-likeness (QED) is 0.579. The number of hydrazine groups is 1. The summed E-state index contributed by atoms with van der Waals surface area (Å²) < 4.78 is 15.0. The smallest absolute Gasteiger partial charge is 0.271 e. The zero-order valence-electron chi connectivity index (χ0n) is 16.7. The van der Waals surface area contributed by atoms with Crippen molar-refractivity contribution in [1.82, 2.24) is 15.4 Å². The lowest BCUT2D eigenvalue weighted by atomic mass is 10.2. The van der Waals surface area contributed by atoms with E-state index in [2.05, 4.69) is 16.2 Å². The molecule has 8 heteroatoms. The van der Waals surface area contributed by atoms with Crippen molar-refractivity contribution < 1.29 is 18.8 Å². The van der Waals surface area contributed by atoms with Crippen LogP contribution in [0.15, 0.2) is 54.6 Å². The van der Waals surface area contributed by atoms with E-state index in [1.165, 1.54) is 25.1 Å². The van der Waals surface area contributed by atoms with Crippen LogP contribution < -0.4 is 16.2 Å². The van der Waals surface area contributed by atoms with Gasteiger partial charge in [0.15, 0.2) is 0 Å². The minimum absolute atomic E-state index is 0.252. The average Bonchev–Trinajstić information content (AvgIpc) is 3.00. The van der Waals surface area contributed by atoms with Crippen molar-refractivity contribution in [3.8, 4) is 5.69 Å². The van der Waals surface area contributed by atoms with E-state index in [0.29, 0.717) is 16.9 Å². The van der Waals surface area contributed by atoms with Crippen LogP contribution in [0.1, 0.15) is 39.0 Å². The van der Waals surface area contributed by atoms with Gasteiger partial charge < -0.3 is 9.88 Å². The first-order chi connectivity index (χ1) is 14.3. The van der Waals surface area contributed by atoms with Gasteiger partial charge in [-0.1, -0.05) is 6.07 Å². The summed E-state index contributed by atoms with van der Waals surface area (Å²) in [6, 6.07) is 14.0. The van der Waals surface area contributed by atoms with Crippen LogP contribution >= 0.6 is 0 Å². The Morgan fingerprint density at radius 1 is 0.900 bits per heavy atom. The van der Waals surface area contributed by atoms with E-state index in [4.69, 9.17) is 0 Å². The molecule has 0 aliphatic rings. The molecule has 2 aromatic carbocycles. The average molecular weight is 408 g/mol. The normalized spacial score (nSPS) is 10.4. The highest BCUT2D eigenvalue weighted by molar-refractivity contribution is 6.00. The van der Waals surface area contributed by atoms with Crippen LogP contribution in [0, 0.1) is 19.7 Å². The second-order valence-electron chi connectivity index (χ2n) is 6.77. The molecule has 3 N–H and O–H groups in total. The van der Waals surface area contributed by atoms with Gasteiger partial charge in [-0.15, -0.1) is 0 Å². The summed E-state index contributed by atoms with van der Waals surface area (Å²) in [5.41, 5.74) is 8.07. The number of anilines is 1. The van der Waals surface area contributed by atoms with Gasteiger partial charge in [0.1, 0.15) is 5.82 Å². The van der Waals surface area contributed by atoms with E-state index >= 15 is 0 Å². The Labute approximate surface area is 172 Å². The maximum atomic E-state index is 13.2. The molecule has 0 saturated heterocycles. The third-order valence-corrected chi connectivity index (χ3v) is 4.50. The number of benzene rings is 2. The lowest BCUT2D eigenvalue weighted by Gasteiger charge is -2.11. The Morgan fingerprint density at radius 3 is 2.23 bits per heavy atom.